The molecule has 0 aliphatic carbocycles. The van der Waals surface area contributed by atoms with Gasteiger partial charge in [-0.15, -0.1) is 22.7 Å². The predicted octanol–water partition coefficient (Wildman–Crippen LogP) is 3.66. The van der Waals surface area contributed by atoms with E-state index < -0.39 is 5.56 Å². The van der Waals surface area contributed by atoms with Crippen LogP contribution in [0.5, 0.6) is 5.75 Å². The van der Waals surface area contributed by atoms with Crippen molar-refractivity contribution in [3.8, 4) is 34.1 Å². The number of aromatic hydroxyl groups is 1. The summed E-state index contributed by atoms with van der Waals surface area (Å²) in [7, 11) is 1.58. The number of thiophene rings is 2. The van der Waals surface area contributed by atoms with Crippen LogP contribution < -0.4 is 5.56 Å². The largest absolute Gasteiger partial charge is 0.506 e. The van der Waals surface area contributed by atoms with Crippen LogP contribution in [0.4, 0.5) is 0 Å². The first-order valence-electron chi connectivity index (χ1n) is 6.60. The maximum Gasteiger partial charge on any atom is 0.270 e. The lowest BCUT2D eigenvalue weighted by Crippen LogP contribution is -2.09. The van der Waals surface area contributed by atoms with E-state index >= 15 is 0 Å². The van der Waals surface area contributed by atoms with Crippen molar-refractivity contribution < 1.29 is 9.84 Å². The highest BCUT2D eigenvalue weighted by molar-refractivity contribution is 9.10. The molecule has 3 aromatic heterocycles. The molecule has 3 aromatic rings. The van der Waals surface area contributed by atoms with Crippen molar-refractivity contribution in [2.75, 3.05) is 13.7 Å². The van der Waals surface area contributed by atoms with Gasteiger partial charge < -0.3 is 14.8 Å². The second-order valence-corrected chi connectivity index (χ2v) is 7.45. The van der Waals surface area contributed by atoms with E-state index in [1.165, 1.54) is 22.7 Å². The van der Waals surface area contributed by atoms with Crippen molar-refractivity contribution in [1.29, 1.82) is 5.26 Å². The van der Waals surface area contributed by atoms with E-state index in [0.717, 1.165) is 19.8 Å². The van der Waals surface area contributed by atoms with Crippen molar-refractivity contribution >= 4 is 48.8 Å². The second-order valence-electron chi connectivity index (χ2n) is 4.67. The molecule has 0 radical (unpaired) electrons. The molecule has 0 spiro atoms. The van der Waals surface area contributed by atoms with Crippen molar-refractivity contribution in [3.05, 3.63) is 36.7 Å². The molecule has 0 fully saturated rings. The third-order valence-electron chi connectivity index (χ3n) is 3.20. The van der Waals surface area contributed by atoms with Crippen LogP contribution >= 0.6 is 38.6 Å². The maximum absolute atomic E-state index is 11.8. The molecule has 0 unspecified atom stereocenters. The number of methoxy groups -OCH3 is 1. The molecule has 0 saturated heterocycles. The maximum atomic E-state index is 11.8. The van der Waals surface area contributed by atoms with E-state index in [0.29, 0.717) is 16.8 Å². The molecule has 3 heterocycles. The van der Waals surface area contributed by atoms with Gasteiger partial charge in [-0.25, -0.2) is 0 Å². The van der Waals surface area contributed by atoms with Crippen LogP contribution in [0.3, 0.4) is 0 Å². The molecule has 24 heavy (non-hydrogen) atoms. The van der Waals surface area contributed by atoms with Crippen LogP contribution in [0.15, 0.2) is 20.7 Å². The summed E-state index contributed by atoms with van der Waals surface area (Å²) in [5.74, 6) is 5.63. The Kier molecular flexibility index (Phi) is 4.74. The fraction of sp³-hybridized carbons (Fsp3) is 0.125. The van der Waals surface area contributed by atoms with E-state index in [1.54, 1.807) is 13.2 Å². The van der Waals surface area contributed by atoms with Crippen molar-refractivity contribution in [2.45, 2.75) is 0 Å². The van der Waals surface area contributed by atoms with E-state index in [-0.39, 0.29) is 11.3 Å². The van der Waals surface area contributed by atoms with Crippen LogP contribution in [0.2, 0.25) is 0 Å². The van der Waals surface area contributed by atoms with Crippen molar-refractivity contribution in [3.63, 3.8) is 0 Å². The average molecular weight is 421 g/mol. The lowest BCUT2D eigenvalue weighted by Gasteiger charge is -2.00. The summed E-state index contributed by atoms with van der Waals surface area (Å²) in [4.78, 5) is 16.6. The third kappa shape index (κ3) is 2.85. The van der Waals surface area contributed by atoms with Crippen molar-refractivity contribution in [1.82, 2.24) is 4.98 Å². The molecule has 0 bridgehead atoms. The molecule has 0 atom stereocenters. The summed E-state index contributed by atoms with van der Waals surface area (Å²) in [6.45, 7) is 0.342. The quantitative estimate of drug-likeness (QED) is 0.619. The Morgan fingerprint density at radius 2 is 2.29 bits per heavy atom. The number of halogens is 1. The molecule has 2 N–H and O–H groups in total. The monoisotopic (exact) mass is 420 g/mol. The summed E-state index contributed by atoms with van der Waals surface area (Å²) in [6, 6.07) is 3.65. The van der Waals surface area contributed by atoms with E-state index in [4.69, 9.17) is 10.00 Å². The molecule has 0 amide bonds. The number of hydrogen-bond acceptors (Lipinski definition) is 6. The van der Waals surface area contributed by atoms with Gasteiger partial charge >= 0.3 is 0 Å². The number of fused-ring (bicyclic) bond motifs is 1. The third-order valence-corrected chi connectivity index (χ3v) is 6.07. The average Bonchev–Trinajstić information content (AvgIpc) is 3.12. The zero-order valence-electron chi connectivity index (χ0n) is 12.3. The first-order valence-corrected chi connectivity index (χ1v) is 9.09. The highest BCUT2D eigenvalue weighted by Crippen LogP contribution is 2.43. The molecule has 5 nitrogen and oxygen atoms in total. The van der Waals surface area contributed by atoms with Gasteiger partial charge in [0.15, 0.2) is 5.56 Å². The molecule has 0 saturated carbocycles. The molecular weight excluding hydrogens is 412 g/mol. The van der Waals surface area contributed by atoms with Crippen LogP contribution in [-0.2, 0) is 4.74 Å². The van der Waals surface area contributed by atoms with Crippen LogP contribution in [-0.4, -0.2) is 23.8 Å². The zero-order chi connectivity index (χ0) is 17.3. The number of hydrogen-bond donors (Lipinski definition) is 2. The Balaban J connectivity index is 2.18. The van der Waals surface area contributed by atoms with Gasteiger partial charge in [-0.2, -0.15) is 5.26 Å². The van der Waals surface area contributed by atoms with Gasteiger partial charge in [0.2, 0.25) is 0 Å². The standard InChI is InChI=1S/C16H9BrN2O3S2/c1-22-4-2-3-11-10(17)5-12(24-11)9-7-23-16-13(9)14(20)8(6-18)15(21)19-16/h5,7H,4H2,1H3,(H2,19,20,21). The Bertz CT molecular complexity index is 1090. The molecule has 0 aromatic carbocycles. The summed E-state index contributed by atoms with van der Waals surface area (Å²) < 4.78 is 5.76. The van der Waals surface area contributed by atoms with Gasteiger partial charge in [0, 0.05) is 27.4 Å². The van der Waals surface area contributed by atoms with Gasteiger partial charge in [0.25, 0.3) is 5.56 Å². The Morgan fingerprint density at radius 1 is 1.50 bits per heavy atom. The summed E-state index contributed by atoms with van der Waals surface area (Å²) in [5.41, 5.74) is -0.113. The minimum Gasteiger partial charge on any atom is -0.506 e. The Morgan fingerprint density at radius 3 is 3.00 bits per heavy atom. The normalized spacial score (nSPS) is 10.4. The first-order chi connectivity index (χ1) is 11.6. The van der Waals surface area contributed by atoms with Gasteiger partial charge in [0.05, 0.1) is 10.3 Å². The lowest BCUT2D eigenvalue weighted by atomic mass is 10.1. The fourth-order valence-electron chi connectivity index (χ4n) is 2.14. The Labute approximate surface area is 153 Å². The number of rotatable bonds is 2. The predicted molar refractivity (Wildman–Crippen MR) is 98.6 cm³/mol. The first kappa shape index (κ1) is 16.7. The number of nitrogens with one attached hydrogen (secondary N) is 1. The van der Waals surface area contributed by atoms with Gasteiger partial charge in [0.1, 0.15) is 23.3 Å². The van der Waals surface area contributed by atoms with Gasteiger partial charge in [-0.1, -0.05) is 11.8 Å². The number of nitrogens with zero attached hydrogens (tertiary/aromatic N) is 1. The number of aromatic amines is 1. The Hall–Kier alpha value is -2.10. The molecule has 0 aliphatic heterocycles. The molecule has 3 rings (SSSR count). The van der Waals surface area contributed by atoms with Crippen LogP contribution in [0.1, 0.15) is 10.4 Å². The highest BCUT2D eigenvalue weighted by atomic mass is 79.9. The fourth-order valence-corrected chi connectivity index (χ4v) is 4.84. The van der Waals surface area contributed by atoms with Gasteiger partial charge in [-0.05, 0) is 22.0 Å². The molecule has 8 heteroatoms. The van der Waals surface area contributed by atoms with E-state index in [9.17, 15) is 9.90 Å². The molecular formula is C16H9BrN2O3S2. The zero-order valence-corrected chi connectivity index (χ0v) is 15.5. The lowest BCUT2D eigenvalue weighted by molar-refractivity contribution is 0.240. The second kappa shape index (κ2) is 6.80. The topological polar surface area (TPSA) is 86.1 Å². The minimum absolute atomic E-state index is 0.280. The van der Waals surface area contributed by atoms with Crippen molar-refractivity contribution in [2.24, 2.45) is 0 Å². The van der Waals surface area contributed by atoms with E-state index in [2.05, 4.69) is 32.8 Å². The number of pyridine rings is 1. The molecule has 0 aliphatic rings. The SMILES string of the molecule is COCC#Cc1sc(-c2csc3[nH]c(=O)c(C#N)c(O)c23)cc1Br. The number of nitriles is 1. The summed E-state index contributed by atoms with van der Waals surface area (Å²) in [6.07, 6.45) is 0. The summed E-state index contributed by atoms with van der Waals surface area (Å²) in [5, 5.41) is 21.7. The van der Waals surface area contributed by atoms with E-state index in [1.807, 2.05) is 11.4 Å². The summed E-state index contributed by atoms with van der Waals surface area (Å²) >= 11 is 6.23. The van der Waals surface area contributed by atoms with Gasteiger partial charge in [-0.3, -0.25) is 4.79 Å². The number of H-pyrrole nitrogens is 1. The van der Waals surface area contributed by atoms with Crippen LogP contribution in [0.25, 0.3) is 20.7 Å². The van der Waals surface area contributed by atoms with Crippen LogP contribution in [0, 0.1) is 23.2 Å². The number of aromatic nitrogens is 1. The smallest absolute Gasteiger partial charge is 0.270 e. The minimum atomic E-state index is -0.589. The molecule has 120 valence electrons. The number of ether oxygens (including phenoxy) is 1. The highest BCUT2D eigenvalue weighted by Gasteiger charge is 2.19.